The lowest BCUT2D eigenvalue weighted by Gasteiger charge is -2.13. The van der Waals surface area contributed by atoms with Gasteiger partial charge in [-0.3, -0.25) is 0 Å². The van der Waals surface area contributed by atoms with Crippen LogP contribution in [0, 0.1) is 5.82 Å². The van der Waals surface area contributed by atoms with Crippen LogP contribution < -0.4 is 15.5 Å². The van der Waals surface area contributed by atoms with Crippen LogP contribution in [0.5, 0.6) is 5.75 Å². The normalized spacial score (nSPS) is 15.7. The molecule has 3 N–H and O–H groups in total. The van der Waals surface area contributed by atoms with Gasteiger partial charge in [-0.15, -0.1) is 0 Å². The average Bonchev–Trinajstić information content (AvgIpc) is 2.89. The molecule has 19 heavy (non-hydrogen) atoms. The van der Waals surface area contributed by atoms with Gasteiger partial charge in [-0.25, -0.2) is 4.39 Å². The maximum absolute atomic E-state index is 13.6. The molecule has 1 aliphatic carbocycles. The third kappa shape index (κ3) is 4.19. The van der Waals surface area contributed by atoms with Crippen LogP contribution in [0.15, 0.2) is 18.2 Å². The van der Waals surface area contributed by atoms with Crippen LogP contribution in [-0.2, 0) is 0 Å². The summed E-state index contributed by atoms with van der Waals surface area (Å²) in [4.78, 5) is 0. The van der Waals surface area contributed by atoms with Crippen LogP contribution >= 0.6 is 0 Å². The molecule has 0 saturated heterocycles. The lowest BCUT2D eigenvalue weighted by molar-refractivity contribution is 0.291. The summed E-state index contributed by atoms with van der Waals surface area (Å²) in [7, 11) is -1.66. The van der Waals surface area contributed by atoms with E-state index in [0.29, 0.717) is 19.2 Å². The van der Waals surface area contributed by atoms with Gasteiger partial charge in [0.25, 0.3) is 0 Å². The van der Waals surface area contributed by atoms with E-state index in [2.05, 4.69) is 5.32 Å². The number of halogens is 1. The molecule has 4 nitrogen and oxygen atoms in total. The Hall–Kier alpha value is -1.11. The Bertz CT molecular complexity index is 411. The van der Waals surface area contributed by atoms with Crippen LogP contribution in [0.25, 0.3) is 0 Å². The molecule has 1 aliphatic rings. The topological polar surface area (TPSA) is 61.7 Å². The zero-order valence-corrected chi connectivity index (χ0v) is 10.8. The van der Waals surface area contributed by atoms with Crippen LogP contribution in [0.1, 0.15) is 25.7 Å². The maximum Gasteiger partial charge on any atom is 0.488 e. The van der Waals surface area contributed by atoms with Crippen molar-refractivity contribution >= 4 is 12.6 Å². The van der Waals surface area contributed by atoms with Crippen molar-refractivity contribution in [1.82, 2.24) is 5.32 Å². The summed E-state index contributed by atoms with van der Waals surface area (Å²) < 4.78 is 18.9. The fourth-order valence-electron chi connectivity index (χ4n) is 2.35. The Balaban J connectivity index is 1.76. The van der Waals surface area contributed by atoms with E-state index in [1.165, 1.54) is 37.8 Å². The molecule has 0 radical (unpaired) electrons. The number of benzene rings is 1. The molecule has 0 atom stereocenters. The summed E-state index contributed by atoms with van der Waals surface area (Å²) in [6.45, 7) is 1.09. The number of hydrogen-bond donors (Lipinski definition) is 3. The highest BCUT2D eigenvalue weighted by atomic mass is 19.1. The van der Waals surface area contributed by atoms with Crippen LogP contribution in [0.2, 0.25) is 0 Å². The van der Waals surface area contributed by atoms with Gasteiger partial charge in [0, 0.05) is 12.6 Å². The first-order valence-electron chi connectivity index (χ1n) is 6.68. The van der Waals surface area contributed by atoms with Crippen molar-refractivity contribution in [3.63, 3.8) is 0 Å². The van der Waals surface area contributed by atoms with Crippen molar-refractivity contribution in [3.05, 3.63) is 24.0 Å². The van der Waals surface area contributed by atoms with Crippen molar-refractivity contribution in [1.29, 1.82) is 0 Å². The minimum Gasteiger partial charge on any atom is -0.489 e. The molecule has 0 heterocycles. The quantitative estimate of drug-likeness (QED) is 0.516. The van der Waals surface area contributed by atoms with Crippen molar-refractivity contribution in [3.8, 4) is 5.75 Å². The summed E-state index contributed by atoms with van der Waals surface area (Å²) in [5, 5.41) is 21.2. The van der Waals surface area contributed by atoms with Gasteiger partial charge in [-0.2, -0.15) is 0 Å². The summed E-state index contributed by atoms with van der Waals surface area (Å²) in [6, 6.07) is 4.50. The van der Waals surface area contributed by atoms with Gasteiger partial charge in [0.05, 0.1) is 0 Å². The number of hydrogen-bond acceptors (Lipinski definition) is 4. The van der Waals surface area contributed by atoms with Gasteiger partial charge in [0.2, 0.25) is 0 Å². The lowest BCUT2D eigenvalue weighted by Crippen LogP contribution is -2.31. The minimum absolute atomic E-state index is 0.119. The van der Waals surface area contributed by atoms with Crippen molar-refractivity contribution < 1.29 is 19.2 Å². The third-order valence-electron chi connectivity index (χ3n) is 3.40. The molecular weight excluding hydrogens is 248 g/mol. The molecule has 1 fully saturated rings. The van der Waals surface area contributed by atoms with E-state index in [1.54, 1.807) is 0 Å². The van der Waals surface area contributed by atoms with Gasteiger partial charge in [0.15, 0.2) is 11.6 Å². The summed E-state index contributed by atoms with van der Waals surface area (Å²) >= 11 is 0. The molecular formula is C13H19BFNO3. The van der Waals surface area contributed by atoms with E-state index in [4.69, 9.17) is 14.8 Å². The molecule has 0 aromatic heterocycles. The zero-order chi connectivity index (χ0) is 13.7. The van der Waals surface area contributed by atoms with Gasteiger partial charge >= 0.3 is 7.12 Å². The molecule has 0 bridgehead atoms. The zero-order valence-electron chi connectivity index (χ0n) is 10.8. The predicted octanol–water partition coefficient (Wildman–Crippen LogP) is 0.416. The Labute approximate surface area is 112 Å². The standard InChI is InChI=1S/C13H19BFNO3/c15-12-9-10(14(17)18)5-6-13(12)19-8-7-16-11-3-1-2-4-11/h5-6,9,11,16-18H,1-4,7-8H2. The lowest BCUT2D eigenvalue weighted by atomic mass is 9.80. The second-order valence-electron chi connectivity index (χ2n) is 4.85. The average molecular weight is 267 g/mol. The summed E-state index contributed by atoms with van der Waals surface area (Å²) in [5.74, 6) is -0.441. The van der Waals surface area contributed by atoms with E-state index >= 15 is 0 Å². The smallest absolute Gasteiger partial charge is 0.488 e. The first kappa shape index (κ1) is 14.3. The second-order valence-corrected chi connectivity index (χ2v) is 4.85. The molecule has 6 heteroatoms. The van der Waals surface area contributed by atoms with Gasteiger partial charge in [-0.1, -0.05) is 18.9 Å². The summed E-state index contributed by atoms with van der Waals surface area (Å²) in [5.41, 5.74) is 0.119. The predicted molar refractivity (Wildman–Crippen MR) is 72.0 cm³/mol. The molecule has 0 unspecified atom stereocenters. The molecule has 0 amide bonds. The second kappa shape index (κ2) is 6.89. The molecule has 1 aromatic carbocycles. The Morgan fingerprint density at radius 2 is 2.05 bits per heavy atom. The molecule has 0 aliphatic heterocycles. The molecule has 2 rings (SSSR count). The number of rotatable bonds is 6. The monoisotopic (exact) mass is 267 g/mol. The van der Waals surface area contributed by atoms with E-state index in [0.717, 1.165) is 6.07 Å². The number of nitrogens with one attached hydrogen (secondary N) is 1. The van der Waals surface area contributed by atoms with Crippen LogP contribution in [0.3, 0.4) is 0 Å². The molecule has 1 aromatic rings. The first-order valence-corrected chi connectivity index (χ1v) is 6.68. The highest BCUT2D eigenvalue weighted by Gasteiger charge is 2.15. The SMILES string of the molecule is OB(O)c1ccc(OCCNC2CCCC2)c(F)c1. The van der Waals surface area contributed by atoms with Gasteiger partial charge < -0.3 is 20.1 Å². The fourth-order valence-corrected chi connectivity index (χ4v) is 2.35. The first-order chi connectivity index (χ1) is 9.16. The van der Waals surface area contributed by atoms with Crippen LogP contribution in [0.4, 0.5) is 4.39 Å². The van der Waals surface area contributed by atoms with Gasteiger partial charge in [-0.05, 0) is 30.4 Å². The number of ether oxygens (including phenoxy) is 1. The van der Waals surface area contributed by atoms with Crippen molar-refractivity contribution in [2.24, 2.45) is 0 Å². The Morgan fingerprint density at radius 3 is 2.68 bits per heavy atom. The Morgan fingerprint density at radius 1 is 1.32 bits per heavy atom. The van der Waals surface area contributed by atoms with Crippen molar-refractivity contribution in [2.45, 2.75) is 31.7 Å². The van der Waals surface area contributed by atoms with E-state index < -0.39 is 12.9 Å². The highest BCUT2D eigenvalue weighted by Crippen LogP contribution is 2.17. The largest absolute Gasteiger partial charge is 0.489 e. The van der Waals surface area contributed by atoms with Gasteiger partial charge in [0.1, 0.15) is 6.61 Å². The van der Waals surface area contributed by atoms with Crippen LogP contribution in [-0.4, -0.2) is 36.4 Å². The highest BCUT2D eigenvalue weighted by molar-refractivity contribution is 6.58. The van der Waals surface area contributed by atoms with E-state index in [-0.39, 0.29) is 11.2 Å². The van der Waals surface area contributed by atoms with Crippen molar-refractivity contribution in [2.75, 3.05) is 13.2 Å². The Kier molecular flexibility index (Phi) is 5.19. The molecule has 104 valence electrons. The fraction of sp³-hybridized carbons (Fsp3) is 0.538. The van der Waals surface area contributed by atoms with E-state index in [9.17, 15) is 4.39 Å². The van der Waals surface area contributed by atoms with E-state index in [1.807, 2.05) is 0 Å². The minimum atomic E-state index is -1.66. The molecule has 0 spiro atoms. The summed E-state index contributed by atoms with van der Waals surface area (Å²) in [6.07, 6.45) is 4.96. The molecule has 1 saturated carbocycles. The third-order valence-corrected chi connectivity index (χ3v) is 3.40. The maximum atomic E-state index is 13.6.